The summed E-state index contributed by atoms with van der Waals surface area (Å²) in [4.78, 5) is 26.0. The van der Waals surface area contributed by atoms with E-state index in [4.69, 9.17) is 16.3 Å². The van der Waals surface area contributed by atoms with Gasteiger partial charge in [-0.1, -0.05) is 23.7 Å². The predicted octanol–water partition coefficient (Wildman–Crippen LogP) is 2.74. The van der Waals surface area contributed by atoms with Gasteiger partial charge in [0.1, 0.15) is 17.6 Å². The average Bonchev–Trinajstić information content (AvgIpc) is 2.82. The summed E-state index contributed by atoms with van der Waals surface area (Å²) in [6.07, 6.45) is 3.92. The Bertz CT molecular complexity index is 739. The first-order chi connectivity index (χ1) is 10.5. The van der Waals surface area contributed by atoms with Crippen LogP contribution in [-0.2, 0) is 23.2 Å². The summed E-state index contributed by atoms with van der Waals surface area (Å²) in [5, 5.41) is 11.3. The molecule has 0 radical (unpaired) electrons. The summed E-state index contributed by atoms with van der Waals surface area (Å²) in [5.41, 5.74) is 0.243. The van der Waals surface area contributed by atoms with Crippen LogP contribution in [0.3, 0.4) is 0 Å². The van der Waals surface area contributed by atoms with Crippen molar-refractivity contribution in [2.24, 2.45) is 7.05 Å². The van der Waals surface area contributed by atoms with Crippen molar-refractivity contribution in [2.75, 3.05) is 0 Å². The molecule has 0 atom stereocenters. The van der Waals surface area contributed by atoms with Crippen LogP contribution in [0.25, 0.3) is 6.08 Å². The number of nitro groups is 1. The van der Waals surface area contributed by atoms with Crippen molar-refractivity contribution in [1.29, 1.82) is 0 Å². The zero-order valence-electron chi connectivity index (χ0n) is 11.6. The van der Waals surface area contributed by atoms with Gasteiger partial charge in [0.25, 0.3) is 5.69 Å². The van der Waals surface area contributed by atoms with E-state index >= 15 is 0 Å². The van der Waals surface area contributed by atoms with Crippen LogP contribution in [0, 0.1) is 10.1 Å². The molecule has 0 N–H and O–H groups in total. The maximum Gasteiger partial charge on any atom is 0.331 e. The first-order valence-corrected chi connectivity index (χ1v) is 6.61. The Balaban J connectivity index is 2.00. The Labute approximate surface area is 130 Å². The predicted molar refractivity (Wildman–Crippen MR) is 80.1 cm³/mol. The summed E-state index contributed by atoms with van der Waals surface area (Å²) >= 11 is 5.82. The second kappa shape index (κ2) is 6.86. The Kier molecular flexibility index (Phi) is 4.90. The largest absolute Gasteiger partial charge is 0.454 e. The van der Waals surface area contributed by atoms with E-state index < -0.39 is 10.9 Å². The summed E-state index contributed by atoms with van der Waals surface area (Å²) in [7, 11) is 1.70. The lowest BCUT2D eigenvalue weighted by Gasteiger charge is -2.03. The number of halogens is 1. The van der Waals surface area contributed by atoms with Crippen molar-refractivity contribution < 1.29 is 14.5 Å². The number of imidazole rings is 1. The number of ether oxygens (including phenoxy) is 1. The zero-order valence-corrected chi connectivity index (χ0v) is 12.4. The van der Waals surface area contributed by atoms with Gasteiger partial charge in [-0.2, -0.15) is 0 Å². The second-order valence-electron chi connectivity index (χ2n) is 4.31. The van der Waals surface area contributed by atoms with Gasteiger partial charge in [0.15, 0.2) is 0 Å². The number of esters is 1. The number of nitro benzene ring substituents is 1. The fraction of sp³-hybridized carbons (Fsp3) is 0.143. The molecular weight excluding hydrogens is 310 g/mol. The number of carbonyl (C=O) groups excluding carboxylic acids is 1. The highest BCUT2D eigenvalue weighted by Crippen LogP contribution is 2.19. The minimum Gasteiger partial charge on any atom is -0.454 e. The third kappa shape index (κ3) is 3.70. The lowest BCUT2D eigenvalue weighted by molar-refractivity contribution is -0.385. The molecule has 0 bridgehead atoms. The minimum absolute atomic E-state index is 0.0384. The van der Waals surface area contributed by atoms with E-state index in [1.165, 1.54) is 18.3 Å². The van der Waals surface area contributed by atoms with E-state index in [2.05, 4.69) is 4.98 Å². The summed E-state index contributed by atoms with van der Waals surface area (Å²) in [6.45, 7) is -0.0384. The Morgan fingerprint density at radius 3 is 2.86 bits per heavy atom. The van der Waals surface area contributed by atoms with Gasteiger partial charge in [-0.3, -0.25) is 10.1 Å². The third-order valence-corrected chi connectivity index (χ3v) is 3.25. The number of hydrogen-bond donors (Lipinski definition) is 0. The molecule has 2 rings (SSSR count). The Morgan fingerprint density at radius 2 is 2.23 bits per heavy atom. The Morgan fingerprint density at radius 1 is 1.50 bits per heavy atom. The molecule has 1 heterocycles. The van der Waals surface area contributed by atoms with Gasteiger partial charge >= 0.3 is 5.97 Å². The van der Waals surface area contributed by atoms with E-state index in [-0.39, 0.29) is 12.3 Å². The van der Waals surface area contributed by atoms with Gasteiger partial charge in [0.05, 0.1) is 16.7 Å². The van der Waals surface area contributed by atoms with Gasteiger partial charge in [-0.05, 0) is 12.1 Å². The molecule has 0 aliphatic heterocycles. The topological polar surface area (TPSA) is 87.3 Å². The lowest BCUT2D eigenvalue weighted by atomic mass is 10.1. The average molecular weight is 322 g/mol. The quantitative estimate of drug-likeness (QED) is 0.366. The van der Waals surface area contributed by atoms with Gasteiger partial charge in [-0.25, -0.2) is 9.78 Å². The normalized spacial score (nSPS) is 10.8. The van der Waals surface area contributed by atoms with Crippen LogP contribution in [0.4, 0.5) is 5.69 Å². The van der Waals surface area contributed by atoms with Crippen LogP contribution >= 0.6 is 11.6 Å². The molecule has 0 aliphatic carbocycles. The molecule has 8 heteroatoms. The molecule has 0 amide bonds. The maximum atomic E-state index is 11.6. The highest BCUT2D eigenvalue weighted by Gasteiger charge is 2.10. The molecule has 0 saturated heterocycles. The van der Waals surface area contributed by atoms with Crippen molar-refractivity contribution in [3.8, 4) is 0 Å². The number of rotatable bonds is 5. The second-order valence-corrected chi connectivity index (χ2v) is 4.70. The van der Waals surface area contributed by atoms with Crippen LogP contribution in [0.2, 0.25) is 5.15 Å². The highest BCUT2D eigenvalue weighted by atomic mass is 35.5. The summed E-state index contributed by atoms with van der Waals surface area (Å²) < 4.78 is 6.59. The summed E-state index contributed by atoms with van der Waals surface area (Å²) in [5.74, 6) is -0.130. The molecule has 1 aromatic carbocycles. The van der Waals surface area contributed by atoms with Crippen LogP contribution in [0.1, 0.15) is 11.4 Å². The van der Waals surface area contributed by atoms with Crippen molar-refractivity contribution in [3.05, 3.63) is 63.2 Å². The maximum absolute atomic E-state index is 11.6. The van der Waals surface area contributed by atoms with E-state index in [0.717, 1.165) is 6.08 Å². The standard InChI is InChI=1S/C14H12ClN3O4/c1-17-12(15)8-16-13(17)9-22-14(19)7-6-10-4-2-3-5-11(10)18(20)21/h2-8H,9H2,1H3/b7-6+. The molecule has 1 aromatic heterocycles. The van der Waals surface area contributed by atoms with Gasteiger partial charge < -0.3 is 9.30 Å². The molecular formula is C14H12ClN3O4. The molecule has 22 heavy (non-hydrogen) atoms. The summed E-state index contributed by atoms with van der Waals surface area (Å²) in [6, 6.07) is 6.10. The van der Waals surface area contributed by atoms with Crippen LogP contribution in [-0.4, -0.2) is 20.4 Å². The Hall–Kier alpha value is -2.67. The molecule has 0 fully saturated rings. The van der Waals surface area contributed by atoms with Crippen LogP contribution in [0.5, 0.6) is 0 Å². The molecule has 114 valence electrons. The number of para-hydroxylation sites is 1. The van der Waals surface area contributed by atoms with Gasteiger partial charge in [0, 0.05) is 19.2 Å². The first kappa shape index (κ1) is 15.7. The van der Waals surface area contributed by atoms with E-state index in [0.29, 0.717) is 16.5 Å². The van der Waals surface area contributed by atoms with E-state index in [9.17, 15) is 14.9 Å². The van der Waals surface area contributed by atoms with Crippen LogP contribution < -0.4 is 0 Å². The number of aromatic nitrogens is 2. The number of hydrogen-bond acceptors (Lipinski definition) is 5. The molecule has 0 aliphatic rings. The lowest BCUT2D eigenvalue weighted by Crippen LogP contribution is -2.05. The number of nitrogens with zero attached hydrogens (tertiary/aromatic N) is 3. The van der Waals surface area contributed by atoms with Gasteiger partial charge in [-0.15, -0.1) is 0 Å². The fourth-order valence-corrected chi connectivity index (χ4v) is 1.84. The van der Waals surface area contributed by atoms with Crippen LogP contribution in [0.15, 0.2) is 36.5 Å². The minimum atomic E-state index is -0.628. The highest BCUT2D eigenvalue weighted by molar-refractivity contribution is 6.29. The van der Waals surface area contributed by atoms with Crippen molar-refractivity contribution in [1.82, 2.24) is 9.55 Å². The molecule has 0 saturated carbocycles. The van der Waals surface area contributed by atoms with E-state index in [1.54, 1.807) is 29.8 Å². The zero-order chi connectivity index (χ0) is 16.1. The fourth-order valence-electron chi connectivity index (χ4n) is 1.69. The van der Waals surface area contributed by atoms with Crippen molar-refractivity contribution in [3.63, 3.8) is 0 Å². The monoisotopic (exact) mass is 321 g/mol. The molecule has 0 spiro atoms. The van der Waals surface area contributed by atoms with E-state index in [1.807, 2.05) is 0 Å². The molecule has 0 unspecified atom stereocenters. The van der Waals surface area contributed by atoms with Crippen molar-refractivity contribution in [2.45, 2.75) is 6.61 Å². The molecule has 7 nitrogen and oxygen atoms in total. The third-order valence-electron chi connectivity index (χ3n) is 2.90. The number of carbonyl (C=O) groups is 1. The smallest absolute Gasteiger partial charge is 0.331 e. The SMILES string of the molecule is Cn1c(Cl)cnc1COC(=O)/C=C/c1ccccc1[N+](=O)[O-]. The first-order valence-electron chi connectivity index (χ1n) is 6.23. The molecule has 2 aromatic rings. The van der Waals surface area contributed by atoms with Gasteiger partial charge in [0.2, 0.25) is 0 Å². The number of benzene rings is 1. The van der Waals surface area contributed by atoms with Crippen molar-refractivity contribution >= 4 is 29.3 Å².